The quantitative estimate of drug-likeness (QED) is 0.838. The smallest absolute Gasteiger partial charge is 0.0761 e. The highest BCUT2D eigenvalue weighted by atomic mass is 35.5. The SMILES string of the molecule is N#CCc1cc(N)cnc1-c1cc(Cl)c(Cl)cc1Cl. The van der Waals surface area contributed by atoms with Crippen LogP contribution in [0.5, 0.6) is 0 Å². The Labute approximate surface area is 125 Å². The van der Waals surface area contributed by atoms with E-state index in [0.29, 0.717) is 37.6 Å². The summed E-state index contributed by atoms with van der Waals surface area (Å²) in [6.07, 6.45) is 1.69. The Balaban J connectivity index is 2.65. The van der Waals surface area contributed by atoms with Gasteiger partial charge in [-0.15, -0.1) is 0 Å². The first-order chi connectivity index (χ1) is 9.02. The van der Waals surface area contributed by atoms with Crippen LogP contribution in [0.15, 0.2) is 24.4 Å². The summed E-state index contributed by atoms with van der Waals surface area (Å²) in [6, 6.07) is 6.95. The fourth-order valence-corrected chi connectivity index (χ4v) is 2.33. The van der Waals surface area contributed by atoms with Crippen molar-refractivity contribution in [3.63, 3.8) is 0 Å². The Kier molecular flexibility index (Phi) is 4.16. The largest absolute Gasteiger partial charge is 0.397 e. The minimum atomic E-state index is 0.184. The molecule has 1 heterocycles. The van der Waals surface area contributed by atoms with Crippen LogP contribution >= 0.6 is 34.8 Å². The van der Waals surface area contributed by atoms with E-state index in [1.54, 1.807) is 18.2 Å². The van der Waals surface area contributed by atoms with Crippen LogP contribution in [0.1, 0.15) is 5.56 Å². The van der Waals surface area contributed by atoms with Gasteiger partial charge in [-0.05, 0) is 23.8 Å². The molecule has 1 aromatic heterocycles. The van der Waals surface area contributed by atoms with Crippen molar-refractivity contribution in [2.24, 2.45) is 0 Å². The fourth-order valence-electron chi connectivity index (χ4n) is 1.70. The summed E-state index contributed by atoms with van der Waals surface area (Å²) in [5.74, 6) is 0. The third kappa shape index (κ3) is 2.93. The van der Waals surface area contributed by atoms with Gasteiger partial charge in [-0.1, -0.05) is 34.8 Å². The summed E-state index contributed by atoms with van der Waals surface area (Å²) in [5, 5.41) is 10.0. The van der Waals surface area contributed by atoms with Crippen LogP contribution in [0, 0.1) is 11.3 Å². The third-order valence-corrected chi connectivity index (χ3v) is 3.56. The summed E-state index contributed by atoms with van der Waals surface area (Å²) in [4.78, 5) is 4.24. The number of rotatable bonds is 2. The molecule has 2 N–H and O–H groups in total. The zero-order valence-corrected chi connectivity index (χ0v) is 11.9. The maximum Gasteiger partial charge on any atom is 0.0761 e. The van der Waals surface area contributed by atoms with Gasteiger partial charge in [0.25, 0.3) is 0 Å². The van der Waals surface area contributed by atoms with Crippen molar-refractivity contribution in [2.75, 3.05) is 5.73 Å². The number of nitrogens with zero attached hydrogens (tertiary/aromatic N) is 2. The van der Waals surface area contributed by atoms with Crippen LogP contribution in [-0.4, -0.2) is 4.98 Å². The molecule has 19 heavy (non-hydrogen) atoms. The number of anilines is 1. The number of pyridine rings is 1. The number of nitrogens with two attached hydrogens (primary N) is 1. The van der Waals surface area contributed by atoms with Gasteiger partial charge in [-0.2, -0.15) is 5.26 Å². The summed E-state index contributed by atoms with van der Waals surface area (Å²) in [7, 11) is 0. The van der Waals surface area contributed by atoms with Crippen LogP contribution in [0.4, 0.5) is 5.69 Å². The topological polar surface area (TPSA) is 62.7 Å². The van der Waals surface area contributed by atoms with Crippen molar-refractivity contribution in [1.29, 1.82) is 5.26 Å². The van der Waals surface area contributed by atoms with Gasteiger partial charge in [-0.25, -0.2) is 0 Å². The van der Waals surface area contributed by atoms with Crippen molar-refractivity contribution in [2.45, 2.75) is 6.42 Å². The molecule has 6 heteroatoms. The average Bonchev–Trinajstić information content (AvgIpc) is 2.35. The van der Waals surface area contributed by atoms with Gasteiger partial charge in [-0.3, -0.25) is 4.98 Å². The molecule has 0 bridgehead atoms. The van der Waals surface area contributed by atoms with E-state index in [2.05, 4.69) is 11.1 Å². The molecule has 3 nitrogen and oxygen atoms in total. The molecule has 0 unspecified atom stereocenters. The van der Waals surface area contributed by atoms with Gasteiger partial charge in [0.2, 0.25) is 0 Å². The molecule has 0 radical (unpaired) electrons. The van der Waals surface area contributed by atoms with E-state index in [9.17, 15) is 0 Å². The molecule has 0 amide bonds. The van der Waals surface area contributed by atoms with Crippen molar-refractivity contribution in [3.8, 4) is 17.3 Å². The third-order valence-electron chi connectivity index (χ3n) is 2.52. The summed E-state index contributed by atoms with van der Waals surface area (Å²) >= 11 is 18.0. The molecule has 0 saturated carbocycles. The minimum Gasteiger partial charge on any atom is -0.397 e. The average molecular weight is 313 g/mol. The Morgan fingerprint density at radius 3 is 2.47 bits per heavy atom. The number of nitrogen functional groups attached to an aromatic ring is 1. The molecule has 2 rings (SSSR count). The van der Waals surface area contributed by atoms with E-state index in [1.807, 2.05) is 0 Å². The maximum atomic E-state index is 8.85. The molecule has 1 aromatic carbocycles. The second kappa shape index (κ2) is 5.66. The molecule has 0 aliphatic rings. The fraction of sp³-hybridized carbons (Fsp3) is 0.0769. The van der Waals surface area contributed by atoms with Crippen molar-refractivity contribution in [1.82, 2.24) is 4.98 Å². The maximum absolute atomic E-state index is 8.85. The second-order valence-corrected chi connectivity index (χ2v) is 5.08. The molecule has 96 valence electrons. The Morgan fingerprint density at radius 1 is 1.11 bits per heavy atom. The molecule has 0 aliphatic heterocycles. The first kappa shape index (κ1) is 14.0. The number of aromatic nitrogens is 1. The minimum absolute atomic E-state index is 0.184. The van der Waals surface area contributed by atoms with Crippen molar-refractivity contribution >= 4 is 40.5 Å². The Bertz CT molecular complexity index is 678. The Morgan fingerprint density at radius 2 is 1.79 bits per heavy atom. The van der Waals surface area contributed by atoms with E-state index in [1.165, 1.54) is 6.20 Å². The van der Waals surface area contributed by atoms with Crippen molar-refractivity contribution in [3.05, 3.63) is 45.0 Å². The van der Waals surface area contributed by atoms with Crippen molar-refractivity contribution < 1.29 is 0 Å². The van der Waals surface area contributed by atoms with Crippen LogP contribution in [0.2, 0.25) is 15.1 Å². The van der Waals surface area contributed by atoms with Gasteiger partial charge >= 0.3 is 0 Å². The van der Waals surface area contributed by atoms with E-state index in [4.69, 9.17) is 45.8 Å². The van der Waals surface area contributed by atoms with Crippen LogP contribution in [0.3, 0.4) is 0 Å². The Hall–Kier alpha value is -1.47. The van der Waals surface area contributed by atoms with Crippen LogP contribution in [-0.2, 0) is 6.42 Å². The molecule has 0 saturated heterocycles. The van der Waals surface area contributed by atoms with Gasteiger partial charge in [0, 0.05) is 5.56 Å². The molecular formula is C13H8Cl3N3. The molecule has 0 aliphatic carbocycles. The predicted molar refractivity (Wildman–Crippen MR) is 78.4 cm³/mol. The van der Waals surface area contributed by atoms with Gasteiger partial charge < -0.3 is 5.73 Å². The zero-order valence-electron chi connectivity index (χ0n) is 9.62. The second-order valence-electron chi connectivity index (χ2n) is 3.86. The first-order valence-corrected chi connectivity index (χ1v) is 6.42. The molecule has 0 atom stereocenters. The van der Waals surface area contributed by atoms with E-state index in [-0.39, 0.29) is 6.42 Å². The van der Waals surface area contributed by atoms with Gasteiger partial charge in [0.15, 0.2) is 0 Å². The standard InChI is InChI=1S/C13H8Cl3N3/c14-10-5-12(16)11(15)4-9(10)13-7(1-2-17)3-8(18)6-19-13/h3-6H,1,18H2. The summed E-state index contributed by atoms with van der Waals surface area (Å²) < 4.78 is 0. The molecule has 2 aromatic rings. The summed E-state index contributed by atoms with van der Waals surface area (Å²) in [5.41, 5.74) is 8.07. The molecule has 0 fully saturated rings. The highest BCUT2D eigenvalue weighted by Gasteiger charge is 2.13. The first-order valence-electron chi connectivity index (χ1n) is 5.29. The lowest BCUT2D eigenvalue weighted by atomic mass is 10.0. The van der Waals surface area contributed by atoms with E-state index in [0.717, 1.165) is 0 Å². The molecular weight excluding hydrogens is 305 g/mol. The number of hydrogen-bond acceptors (Lipinski definition) is 3. The highest BCUT2D eigenvalue weighted by molar-refractivity contribution is 6.44. The molecule has 0 spiro atoms. The lowest BCUT2D eigenvalue weighted by molar-refractivity contribution is 1.20. The monoisotopic (exact) mass is 311 g/mol. The van der Waals surface area contributed by atoms with E-state index >= 15 is 0 Å². The lowest BCUT2D eigenvalue weighted by Crippen LogP contribution is -1.96. The number of benzene rings is 1. The number of hydrogen-bond donors (Lipinski definition) is 1. The zero-order chi connectivity index (χ0) is 14.0. The van der Waals surface area contributed by atoms with Crippen LogP contribution < -0.4 is 5.73 Å². The van der Waals surface area contributed by atoms with Crippen LogP contribution in [0.25, 0.3) is 11.3 Å². The lowest BCUT2D eigenvalue weighted by Gasteiger charge is -2.10. The number of halogens is 3. The summed E-state index contributed by atoms with van der Waals surface area (Å²) in [6.45, 7) is 0. The van der Waals surface area contributed by atoms with E-state index < -0.39 is 0 Å². The van der Waals surface area contributed by atoms with Gasteiger partial charge in [0.1, 0.15) is 0 Å². The highest BCUT2D eigenvalue weighted by Crippen LogP contribution is 2.36. The number of nitriles is 1. The normalized spacial score (nSPS) is 10.2. The predicted octanol–water partition coefficient (Wildman–Crippen LogP) is 4.36. The van der Waals surface area contributed by atoms with Gasteiger partial charge in [0.05, 0.1) is 45.1 Å².